The van der Waals surface area contributed by atoms with E-state index < -0.39 is 12.0 Å². The molecule has 132 valence electrons. The van der Waals surface area contributed by atoms with Gasteiger partial charge in [0.15, 0.2) is 4.80 Å². The first-order valence-electron chi connectivity index (χ1n) is 7.78. The Morgan fingerprint density at radius 1 is 1.38 bits per heavy atom. The minimum atomic E-state index is -0.544. The van der Waals surface area contributed by atoms with E-state index in [0.29, 0.717) is 26.4 Å². The van der Waals surface area contributed by atoms with Gasteiger partial charge in [-0.3, -0.25) is 9.36 Å². The lowest BCUT2D eigenvalue weighted by molar-refractivity contribution is -0.136. The number of carbonyl (C=O) groups excluding carboxylic acids is 1. The molecule has 1 aliphatic rings. The second-order valence-electron chi connectivity index (χ2n) is 5.60. The summed E-state index contributed by atoms with van der Waals surface area (Å²) in [5, 5.41) is 1.91. The number of thiazole rings is 1. The number of furan rings is 1. The zero-order valence-electron chi connectivity index (χ0n) is 14.0. The lowest BCUT2D eigenvalue weighted by atomic mass is 10.0. The molecule has 0 amide bonds. The number of rotatable bonds is 3. The Kier molecular flexibility index (Phi) is 4.21. The molecule has 26 heavy (non-hydrogen) atoms. The maximum absolute atomic E-state index is 13.1. The van der Waals surface area contributed by atoms with Crippen molar-refractivity contribution < 1.29 is 13.9 Å². The number of hydrogen-bond acceptors (Lipinski definition) is 7. The molecule has 0 aromatic carbocycles. The van der Waals surface area contributed by atoms with E-state index in [1.165, 1.54) is 29.8 Å². The van der Waals surface area contributed by atoms with Crippen molar-refractivity contribution in [2.45, 2.75) is 13.0 Å². The van der Waals surface area contributed by atoms with Gasteiger partial charge in [0.05, 0.1) is 29.2 Å². The molecule has 0 saturated heterocycles. The summed E-state index contributed by atoms with van der Waals surface area (Å²) in [5.41, 5.74) is 0.727. The molecular weight excluding hydrogens is 372 g/mol. The SMILES string of the molecule is COC(=O)C1=C(C)N=c2s/c(=C\c3ccco3)c(=O)n2[C@H]1c1cccs1. The monoisotopic (exact) mass is 386 g/mol. The highest BCUT2D eigenvalue weighted by Crippen LogP contribution is 2.32. The van der Waals surface area contributed by atoms with Crippen molar-refractivity contribution in [3.63, 3.8) is 0 Å². The summed E-state index contributed by atoms with van der Waals surface area (Å²) in [4.78, 5) is 31.4. The van der Waals surface area contributed by atoms with Crippen molar-refractivity contribution in [3.05, 3.63) is 77.5 Å². The zero-order chi connectivity index (χ0) is 18.3. The molecule has 6 nitrogen and oxygen atoms in total. The Balaban J connectivity index is 2.00. The summed E-state index contributed by atoms with van der Waals surface area (Å²) in [6.45, 7) is 1.76. The number of esters is 1. The van der Waals surface area contributed by atoms with Gasteiger partial charge in [0, 0.05) is 11.0 Å². The van der Waals surface area contributed by atoms with E-state index in [0.717, 1.165) is 4.88 Å². The summed E-state index contributed by atoms with van der Waals surface area (Å²) >= 11 is 2.76. The first kappa shape index (κ1) is 16.7. The molecule has 1 atom stereocenters. The summed E-state index contributed by atoms with van der Waals surface area (Å²) in [5.74, 6) is 0.108. The standard InChI is InChI=1S/C18H14N2O4S2/c1-10-14(17(22)23-2)15(12-6-4-8-25-12)20-16(21)13(26-18(20)19-10)9-11-5-3-7-24-11/h3-9,15H,1-2H3/b13-9-/t15-/m0/s1. The second kappa shape index (κ2) is 6.54. The quantitative estimate of drug-likeness (QED) is 0.646. The van der Waals surface area contributed by atoms with Crippen LogP contribution < -0.4 is 14.9 Å². The van der Waals surface area contributed by atoms with Crippen LogP contribution >= 0.6 is 22.7 Å². The van der Waals surface area contributed by atoms with E-state index in [4.69, 9.17) is 9.15 Å². The topological polar surface area (TPSA) is 73.8 Å². The van der Waals surface area contributed by atoms with Crippen molar-refractivity contribution in [1.29, 1.82) is 0 Å². The van der Waals surface area contributed by atoms with Crippen molar-refractivity contribution in [2.24, 2.45) is 4.99 Å². The molecule has 0 aliphatic carbocycles. The van der Waals surface area contributed by atoms with Gasteiger partial charge in [0.2, 0.25) is 0 Å². The van der Waals surface area contributed by atoms with Gasteiger partial charge in [-0.25, -0.2) is 9.79 Å². The van der Waals surface area contributed by atoms with Crippen LogP contribution in [0.2, 0.25) is 0 Å². The van der Waals surface area contributed by atoms with Gasteiger partial charge in [-0.15, -0.1) is 11.3 Å². The van der Waals surface area contributed by atoms with Crippen molar-refractivity contribution in [3.8, 4) is 0 Å². The number of carbonyl (C=O) groups is 1. The van der Waals surface area contributed by atoms with Gasteiger partial charge in [-0.05, 0) is 30.5 Å². The van der Waals surface area contributed by atoms with Crippen LogP contribution in [0.15, 0.2) is 61.4 Å². The van der Waals surface area contributed by atoms with Gasteiger partial charge in [0.1, 0.15) is 11.8 Å². The number of hydrogen-bond donors (Lipinski definition) is 0. The number of ether oxygens (including phenoxy) is 1. The zero-order valence-corrected chi connectivity index (χ0v) is 15.6. The third kappa shape index (κ3) is 2.67. The van der Waals surface area contributed by atoms with Crippen LogP contribution in [0.3, 0.4) is 0 Å². The maximum atomic E-state index is 13.1. The summed E-state index contributed by atoms with van der Waals surface area (Å²) in [7, 11) is 1.33. The average Bonchev–Trinajstić information content (AvgIpc) is 3.37. The minimum Gasteiger partial charge on any atom is -0.466 e. The van der Waals surface area contributed by atoms with Crippen LogP contribution in [-0.4, -0.2) is 17.6 Å². The Hall–Kier alpha value is -2.71. The van der Waals surface area contributed by atoms with E-state index in [9.17, 15) is 9.59 Å². The fraction of sp³-hybridized carbons (Fsp3) is 0.167. The molecule has 0 saturated carbocycles. The smallest absolute Gasteiger partial charge is 0.338 e. The molecule has 0 N–H and O–H groups in total. The lowest BCUT2D eigenvalue weighted by Gasteiger charge is -2.22. The van der Waals surface area contributed by atoms with Crippen molar-refractivity contribution in [2.75, 3.05) is 7.11 Å². The second-order valence-corrected chi connectivity index (χ2v) is 7.59. The molecular formula is C18H14N2O4S2. The predicted molar refractivity (Wildman–Crippen MR) is 98.8 cm³/mol. The Morgan fingerprint density at radius 3 is 2.88 bits per heavy atom. The molecule has 3 aromatic rings. The fourth-order valence-corrected chi connectivity index (χ4v) is 4.76. The van der Waals surface area contributed by atoms with E-state index in [-0.39, 0.29) is 5.56 Å². The van der Waals surface area contributed by atoms with Crippen LogP contribution in [0.4, 0.5) is 0 Å². The van der Waals surface area contributed by atoms with Crippen LogP contribution in [0.1, 0.15) is 23.6 Å². The summed E-state index contributed by atoms with van der Waals surface area (Å²) in [6.07, 6.45) is 3.24. The number of nitrogens with zero attached hydrogens (tertiary/aromatic N) is 2. The molecule has 0 bridgehead atoms. The van der Waals surface area contributed by atoms with E-state index >= 15 is 0 Å². The molecule has 0 unspecified atom stereocenters. The number of thiophene rings is 1. The van der Waals surface area contributed by atoms with Crippen LogP contribution in [0, 0.1) is 0 Å². The molecule has 4 heterocycles. The first-order valence-corrected chi connectivity index (χ1v) is 9.47. The Bertz CT molecular complexity index is 1170. The Labute approximate surface area is 156 Å². The van der Waals surface area contributed by atoms with Crippen LogP contribution in [-0.2, 0) is 9.53 Å². The Morgan fingerprint density at radius 2 is 2.23 bits per heavy atom. The summed E-state index contributed by atoms with van der Waals surface area (Å²) in [6, 6.07) is 6.79. The molecule has 4 rings (SSSR count). The van der Waals surface area contributed by atoms with E-state index in [1.54, 1.807) is 36.0 Å². The molecule has 3 aromatic heterocycles. The molecule has 0 radical (unpaired) electrons. The average molecular weight is 386 g/mol. The largest absolute Gasteiger partial charge is 0.466 e. The lowest BCUT2D eigenvalue weighted by Crippen LogP contribution is -2.39. The molecule has 8 heteroatoms. The third-order valence-corrected chi connectivity index (χ3v) is 5.96. The van der Waals surface area contributed by atoms with Crippen LogP contribution in [0.25, 0.3) is 6.08 Å². The van der Waals surface area contributed by atoms with Gasteiger partial charge < -0.3 is 9.15 Å². The normalized spacial score (nSPS) is 17.2. The van der Waals surface area contributed by atoms with E-state index in [2.05, 4.69) is 4.99 Å². The van der Waals surface area contributed by atoms with Crippen LogP contribution in [0.5, 0.6) is 0 Å². The first-order chi connectivity index (χ1) is 12.6. The van der Waals surface area contributed by atoms with Crippen molar-refractivity contribution >= 4 is 34.7 Å². The summed E-state index contributed by atoms with van der Waals surface area (Å²) < 4.78 is 12.3. The molecule has 0 spiro atoms. The third-order valence-electron chi connectivity index (χ3n) is 4.06. The predicted octanol–water partition coefficient (Wildman–Crippen LogP) is 2.06. The number of fused-ring (bicyclic) bond motifs is 1. The van der Waals surface area contributed by atoms with Gasteiger partial charge in [-0.1, -0.05) is 17.4 Å². The molecule has 0 fully saturated rings. The highest BCUT2D eigenvalue weighted by atomic mass is 32.1. The van der Waals surface area contributed by atoms with Gasteiger partial charge >= 0.3 is 5.97 Å². The number of methoxy groups -OCH3 is 1. The van der Waals surface area contributed by atoms with Crippen molar-refractivity contribution in [1.82, 2.24) is 4.57 Å². The van der Waals surface area contributed by atoms with E-state index in [1.807, 2.05) is 17.5 Å². The van der Waals surface area contributed by atoms with Gasteiger partial charge in [-0.2, -0.15) is 0 Å². The van der Waals surface area contributed by atoms with Gasteiger partial charge in [0.25, 0.3) is 5.56 Å². The minimum absolute atomic E-state index is 0.211. The highest BCUT2D eigenvalue weighted by Gasteiger charge is 2.33. The fourth-order valence-electron chi connectivity index (χ4n) is 2.91. The maximum Gasteiger partial charge on any atom is 0.338 e. The number of allylic oxidation sites excluding steroid dienone is 1. The molecule has 1 aliphatic heterocycles. The number of aromatic nitrogens is 1. The highest BCUT2D eigenvalue weighted by molar-refractivity contribution is 7.10.